The third kappa shape index (κ3) is 5.24. The first kappa shape index (κ1) is 12.4. The Hall–Kier alpha value is 0.290. The molecule has 0 saturated heterocycles. The van der Waals surface area contributed by atoms with E-state index < -0.39 is 0 Å². The minimum Gasteiger partial charge on any atom is -0.123 e. The van der Waals surface area contributed by atoms with Gasteiger partial charge in [0.1, 0.15) is 0 Å². The minimum absolute atomic E-state index is 0.500. The Labute approximate surface area is 94.4 Å². The van der Waals surface area contributed by atoms with Crippen molar-refractivity contribution in [2.24, 2.45) is 5.92 Å². The van der Waals surface area contributed by atoms with E-state index in [1.165, 1.54) is 64.2 Å². The molecule has 0 unspecified atom stereocenters. The highest BCUT2D eigenvalue weighted by Crippen LogP contribution is 2.32. The van der Waals surface area contributed by atoms with E-state index in [1.54, 1.807) is 0 Å². The van der Waals surface area contributed by atoms with Crippen molar-refractivity contribution in [3.63, 3.8) is 0 Å². The fourth-order valence-corrected chi connectivity index (χ4v) is 2.87. The van der Waals surface area contributed by atoms with Gasteiger partial charge in [-0.15, -0.1) is 11.6 Å². The molecule has 1 saturated carbocycles. The molecule has 1 aliphatic carbocycles. The van der Waals surface area contributed by atoms with Crippen LogP contribution >= 0.6 is 11.6 Å². The first-order valence-corrected chi connectivity index (χ1v) is 6.90. The van der Waals surface area contributed by atoms with Crippen molar-refractivity contribution < 1.29 is 0 Å². The Kier molecular flexibility index (Phi) is 6.68. The summed E-state index contributed by atoms with van der Waals surface area (Å²) >= 11 is 6.09. The molecule has 0 heterocycles. The number of hydrogen-bond acceptors (Lipinski definition) is 0. The van der Waals surface area contributed by atoms with Crippen LogP contribution in [0.2, 0.25) is 0 Å². The van der Waals surface area contributed by atoms with Crippen molar-refractivity contribution in [2.75, 3.05) is 0 Å². The quantitative estimate of drug-likeness (QED) is 0.408. The van der Waals surface area contributed by atoms with Gasteiger partial charge in [-0.2, -0.15) is 0 Å². The maximum atomic E-state index is 6.09. The molecule has 0 spiro atoms. The summed E-state index contributed by atoms with van der Waals surface area (Å²) in [5.74, 6) is 0.962. The summed E-state index contributed by atoms with van der Waals surface area (Å²) in [6.45, 7) is 2.28. The highest BCUT2D eigenvalue weighted by Gasteiger charge is 2.21. The van der Waals surface area contributed by atoms with E-state index >= 15 is 0 Å². The second-order valence-electron chi connectivity index (χ2n) is 4.83. The number of halogens is 1. The zero-order chi connectivity index (χ0) is 10.2. The van der Waals surface area contributed by atoms with Crippen molar-refractivity contribution in [3.05, 3.63) is 0 Å². The van der Waals surface area contributed by atoms with E-state index in [9.17, 15) is 0 Å². The Balaban J connectivity index is 1.84. The molecule has 0 radical (unpaired) electrons. The molecule has 0 bridgehead atoms. The molecule has 1 aliphatic rings. The normalized spacial score (nSPS) is 27.0. The summed E-state index contributed by atoms with van der Waals surface area (Å²) in [4.78, 5) is 0. The van der Waals surface area contributed by atoms with Gasteiger partial charge in [-0.25, -0.2) is 0 Å². The molecule has 0 nitrogen and oxygen atoms in total. The van der Waals surface area contributed by atoms with Crippen LogP contribution in [0.15, 0.2) is 0 Å². The molecule has 2 atom stereocenters. The lowest BCUT2D eigenvalue weighted by Gasteiger charge is -2.08. The smallest absolute Gasteiger partial charge is 0.0338 e. The monoisotopic (exact) mass is 216 g/mol. The predicted octanol–water partition coefficient (Wildman–Crippen LogP) is 5.14. The molecule has 0 aromatic carbocycles. The zero-order valence-electron chi connectivity index (χ0n) is 9.60. The topological polar surface area (TPSA) is 0 Å². The summed E-state index contributed by atoms with van der Waals surface area (Å²) in [5, 5.41) is 0.500. The standard InChI is InChI=1S/C13H25Cl/c1-2-3-4-5-6-7-8-12-9-10-13(14)11-12/h12-13H,2-11H2,1H3/t12-,13+/m0/s1. The number of hydrogen-bond donors (Lipinski definition) is 0. The molecule has 1 heteroatoms. The molecular weight excluding hydrogens is 192 g/mol. The molecule has 14 heavy (non-hydrogen) atoms. The second kappa shape index (κ2) is 7.56. The first-order chi connectivity index (χ1) is 6.83. The van der Waals surface area contributed by atoms with Crippen LogP contribution in [0.4, 0.5) is 0 Å². The van der Waals surface area contributed by atoms with E-state index in [0.29, 0.717) is 5.38 Å². The molecule has 0 N–H and O–H groups in total. The number of alkyl halides is 1. The van der Waals surface area contributed by atoms with Crippen LogP contribution in [-0.2, 0) is 0 Å². The first-order valence-electron chi connectivity index (χ1n) is 6.47. The van der Waals surface area contributed by atoms with Crippen LogP contribution in [0.5, 0.6) is 0 Å². The van der Waals surface area contributed by atoms with E-state index in [-0.39, 0.29) is 0 Å². The van der Waals surface area contributed by atoms with Gasteiger partial charge < -0.3 is 0 Å². The van der Waals surface area contributed by atoms with E-state index in [1.807, 2.05) is 0 Å². The minimum atomic E-state index is 0.500. The van der Waals surface area contributed by atoms with Gasteiger partial charge >= 0.3 is 0 Å². The maximum Gasteiger partial charge on any atom is 0.0338 e. The fourth-order valence-electron chi connectivity index (χ4n) is 2.49. The summed E-state index contributed by atoms with van der Waals surface area (Å²) < 4.78 is 0. The lowest BCUT2D eigenvalue weighted by atomic mass is 9.99. The largest absolute Gasteiger partial charge is 0.123 e. The van der Waals surface area contributed by atoms with Gasteiger partial charge in [0, 0.05) is 5.38 Å². The van der Waals surface area contributed by atoms with Crippen LogP contribution in [-0.4, -0.2) is 5.38 Å². The van der Waals surface area contributed by atoms with Crippen molar-refractivity contribution in [1.82, 2.24) is 0 Å². The third-order valence-corrected chi connectivity index (χ3v) is 3.84. The lowest BCUT2D eigenvalue weighted by Crippen LogP contribution is -1.95. The summed E-state index contributed by atoms with van der Waals surface area (Å²) in [7, 11) is 0. The van der Waals surface area contributed by atoms with Gasteiger partial charge in [0.15, 0.2) is 0 Å². The summed E-state index contributed by atoms with van der Waals surface area (Å²) in [5.41, 5.74) is 0. The highest BCUT2D eigenvalue weighted by molar-refractivity contribution is 6.20. The Morgan fingerprint density at radius 1 is 1.00 bits per heavy atom. The molecule has 0 aromatic rings. The molecule has 0 aliphatic heterocycles. The van der Waals surface area contributed by atoms with Crippen molar-refractivity contribution in [2.45, 2.75) is 76.5 Å². The van der Waals surface area contributed by atoms with Gasteiger partial charge in [0.2, 0.25) is 0 Å². The molecule has 84 valence electrons. The zero-order valence-corrected chi connectivity index (χ0v) is 10.4. The van der Waals surface area contributed by atoms with E-state index in [2.05, 4.69) is 6.92 Å². The lowest BCUT2D eigenvalue weighted by molar-refractivity contribution is 0.463. The molecule has 1 rings (SSSR count). The maximum absolute atomic E-state index is 6.09. The van der Waals surface area contributed by atoms with Crippen molar-refractivity contribution >= 4 is 11.6 Å². The fraction of sp³-hybridized carbons (Fsp3) is 1.00. The summed E-state index contributed by atoms with van der Waals surface area (Å²) in [6.07, 6.45) is 14.0. The molecule has 0 amide bonds. The average molecular weight is 217 g/mol. The van der Waals surface area contributed by atoms with Crippen LogP contribution in [0.25, 0.3) is 0 Å². The second-order valence-corrected chi connectivity index (χ2v) is 5.45. The van der Waals surface area contributed by atoms with Gasteiger partial charge in [-0.1, -0.05) is 51.9 Å². The van der Waals surface area contributed by atoms with E-state index in [0.717, 1.165) is 5.92 Å². The van der Waals surface area contributed by atoms with Gasteiger partial charge in [0.05, 0.1) is 0 Å². The van der Waals surface area contributed by atoms with Crippen LogP contribution in [0, 0.1) is 5.92 Å². The van der Waals surface area contributed by atoms with E-state index in [4.69, 9.17) is 11.6 Å². The van der Waals surface area contributed by atoms with Gasteiger partial charge in [0.25, 0.3) is 0 Å². The predicted molar refractivity (Wildman–Crippen MR) is 65.0 cm³/mol. The van der Waals surface area contributed by atoms with Crippen LogP contribution in [0.3, 0.4) is 0 Å². The number of rotatable bonds is 7. The van der Waals surface area contributed by atoms with Gasteiger partial charge in [-0.3, -0.25) is 0 Å². The van der Waals surface area contributed by atoms with Crippen LogP contribution in [0.1, 0.15) is 71.1 Å². The van der Waals surface area contributed by atoms with Crippen LogP contribution < -0.4 is 0 Å². The Morgan fingerprint density at radius 2 is 1.71 bits per heavy atom. The Bertz CT molecular complexity index is 133. The molecular formula is C13H25Cl. The average Bonchev–Trinajstić information content (AvgIpc) is 2.58. The van der Waals surface area contributed by atoms with Crippen molar-refractivity contribution in [1.29, 1.82) is 0 Å². The summed E-state index contributed by atoms with van der Waals surface area (Å²) in [6, 6.07) is 0. The van der Waals surface area contributed by atoms with Gasteiger partial charge in [-0.05, 0) is 25.2 Å². The SMILES string of the molecule is CCCCCCCC[C@H]1CC[C@@H](Cl)C1. The highest BCUT2D eigenvalue weighted by atomic mass is 35.5. The molecule has 1 fully saturated rings. The number of unbranched alkanes of at least 4 members (excludes halogenated alkanes) is 5. The Morgan fingerprint density at radius 3 is 2.36 bits per heavy atom. The third-order valence-electron chi connectivity index (χ3n) is 3.44. The molecule has 0 aromatic heterocycles. The van der Waals surface area contributed by atoms with Crippen molar-refractivity contribution in [3.8, 4) is 0 Å².